The summed E-state index contributed by atoms with van der Waals surface area (Å²) in [4.78, 5) is 40.6. The summed E-state index contributed by atoms with van der Waals surface area (Å²) in [6.07, 6.45) is 2.06. The zero-order chi connectivity index (χ0) is 13.3. The van der Waals surface area contributed by atoms with E-state index in [0.717, 1.165) is 0 Å². The van der Waals surface area contributed by atoms with Crippen LogP contribution in [-0.4, -0.2) is 35.2 Å². The standard InChI is InChI=1S/C11H13N3O3S/c1-3-7-10(17)13-9(16)5-14(7)11-12-4-8(18-11)6(2)15/h4,7H,3,5H2,1-2H3,(H,13,16,17). The number of aromatic nitrogens is 1. The maximum absolute atomic E-state index is 11.7. The van der Waals surface area contributed by atoms with Crippen molar-refractivity contribution in [2.45, 2.75) is 26.3 Å². The molecule has 96 valence electrons. The van der Waals surface area contributed by atoms with Crippen LogP contribution >= 0.6 is 11.3 Å². The van der Waals surface area contributed by atoms with Gasteiger partial charge >= 0.3 is 0 Å². The number of hydrogen-bond donors (Lipinski definition) is 1. The van der Waals surface area contributed by atoms with Gasteiger partial charge in [0.25, 0.3) is 0 Å². The van der Waals surface area contributed by atoms with E-state index >= 15 is 0 Å². The summed E-state index contributed by atoms with van der Waals surface area (Å²) < 4.78 is 0. The minimum Gasteiger partial charge on any atom is -0.327 e. The van der Waals surface area contributed by atoms with Crippen molar-refractivity contribution in [2.24, 2.45) is 0 Å². The first-order valence-corrected chi connectivity index (χ1v) is 6.41. The predicted molar refractivity (Wildman–Crippen MR) is 66.7 cm³/mol. The highest BCUT2D eigenvalue weighted by molar-refractivity contribution is 7.17. The number of piperazine rings is 1. The summed E-state index contributed by atoms with van der Waals surface area (Å²) in [5, 5.41) is 2.84. The third-order valence-corrected chi connectivity index (χ3v) is 3.86. The lowest BCUT2D eigenvalue weighted by Crippen LogP contribution is -2.58. The Balaban J connectivity index is 2.30. The molecule has 0 aliphatic carbocycles. The van der Waals surface area contributed by atoms with Gasteiger partial charge in [-0.2, -0.15) is 0 Å². The van der Waals surface area contributed by atoms with Crippen molar-refractivity contribution in [2.75, 3.05) is 11.4 Å². The monoisotopic (exact) mass is 267 g/mol. The Bertz CT molecular complexity index is 511. The van der Waals surface area contributed by atoms with Crippen LogP contribution in [0.2, 0.25) is 0 Å². The van der Waals surface area contributed by atoms with Crippen LogP contribution in [-0.2, 0) is 9.59 Å². The third-order valence-electron chi connectivity index (χ3n) is 2.73. The van der Waals surface area contributed by atoms with Crippen LogP contribution in [0.4, 0.5) is 5.13 Å². The quantitative estimate of drug-likeness (QED) is 0.640. The summed E-state index contributed by atoms with van der Waals surface area (Å²) >= 11 is 1.20. The van der Waals surface area contributed by atoms with Gasteiger partial charge in [-0.15, -0.1) is 0 Å². The largest absolute Gasteiger partial charge is 0.327 e. The van der Waals surface area contributed by atoms with Crippen molar-refractivity contribution in [3.05, 3.63) is 11.1 Å². The molecule has 0 bridgehead atoms. The van der Waals surface area contributed by atoms with E-state index in [0.29, 0.717) is 16.4 Å². The third kappa shape index (κ3) is 2.26. The second kappa shape index (κ2) is 4.85. The van der Waals surface area contributed by atoms with E-state index in [4.69, 9.17) is 0 Å². The van der Waals surface area contributed by atoms with Crippen molar-refractivity contribution in [3.63, 3.8) is 0 Å². The number of ketones is 1. The number of amides is 2. The van der Waals surface area contributed by atoms with E-state index in [-0.39, 0.29) is 24.1 Å². The Labute approximate surface area is 108 Å². The number of nitrogens with zero attached hydrogens (tertiary/aromatic N) is 2. The summed E-state index contributed by atoms with van der Waals surface area (Å²) in [6.45, 7) is 3.42. The molecule has 1 aromatic heterocycles. The average molecular weight is 267 g/mol. The number of rotatable bonds is 3. The van der Waals surface area contributed by atoms with Crippen molar-refractivity contribution in [1.82, 2.24) is 10.3 Å². The highest BCUT2D eigenvalue weighted by atomic mass is 32.1. The number of hydrogen-bond acceptors (Lipinski definition) is 6. The fourth-order valence-electron chi connectivity index (χ4n) is 1.83. The molecule has 1 atom stereocenters. The van der Waals surface area contributed by atoms with E-state index in [1.165, 1.54) is 24.5 Å². The molecule has 2 rings (SSSR count). The molecule has 0 saturated carbocycles. The predicted octanol–water partition coefficient (Wildman–Crippen LogP) is 0.587. The van der Waals surface area contributed by atoms with Crippen molar-refractivity contribution < 1.29 is 14.4 Å². The molecule has 0 spiro atoms. The van der Waals surface area contributed by atoms with Crippen LogP contribution in [0.15, 0.2) is 6.20 Å². The summed E-state index contributed by atoms with van der Waals surface area (Å²) in [5.74, 6) is -0.725. The van der Waals surface area contributed by atoms with Crippen molar-refractivity contribution in [3.8, 4) is 0 Å². The Morgan fingerprint density at radius 2 is 2.33 bits per heavy atom. The normalized spacial score (nSPS) is 19.9. The van der Waals surface area contributed by atoms with Crippen LogP contribution in [0.1, 0.15) is 29.9 Å². The first-order chi connectivity index (χ1) is 8.52. The summed E-state index contributed by atoms with van der Waals surface area (Å²) in [5.41, 5.74) is 0. The van der Waals surface area contributed by atoms with Gasteiger partial charge in [0.2, 0.25) is 11.8 Å². The highest BCUT2D eigenvalue weighted by Gasteiger charge is 2.34. The number of thiazole rings is 1. The molecule has 18 heavy (non-hydrogen) atoms. The molecule has 2 heterocycles. The SMILES string of the molecule is CCC1C(=O)NC(=O)CN1c1ncc(C(C)=O)s1. The van der Waals surface area contributed by atoms with E-state index in [1.807, 2.05) is 6.92 Å². The number of nitrogens with one attached hydrogen (secondary N) is 1. The topological polar surface area (TPSA) is 79.4 Å². The maximum Gasteiger partial charge on any atom is 0.249 e. The van der Waals surface area contributed by atoms with Gasteiger partial charge in [-0.3, -0.25) is 19.7 Å². The molecule has 0 aromatic carbocycles. The fraction of sp³-hybridized carbons (Fsp3) is 0.455. The van der Waals surface area contributed by atoms with Gasteiger partial charge in [-0.1, -0.05) is 18.3 Å². The maximum atomic E-state index is 11.7. The molecule has 0 radical (unpaired) electrons. The highest BCUT2D eigenvalue weighted by Crippen LogP contribution is 2.26. The zero-order valence-corrected chi connectivity index (χ0v) is 10.9. The van der Waals surface area contributed by atoms with Gasteiger partial charge in [0.15, 0.2) is 10.9 Å². The first-order valence-electron chi connectivity index (χ1n) is 5.60. The van der Waals surface area contributed by atoms with Gasteiger partial charge in [0.05, 0.1) is 11.1 Å². The molecule has 1 fully saturated rings. The Morgan fingerprint density at radius 1 is 1.61 bits per heavy atom. The molecule has 1 aliphatic heterocycles. The molecule has 1 aliphatic rings. The number of carbonyl (C=O) groups is 3. The summed E-state index contributed by atoms with van der Waals surface area (Å²) in [7, 11) is 0. The molecule has 7 heteroatoms. The van der Waals surface area contributed by atoms with Crippen molar-refractivity contribution >= 4 is 34.1 Å². The van der Waals surface area contributed by atoms with E-state index in [2.05, 4.69) is 10.3 Å². The molecule has 1 unspecified atom stereocenters. The van der Waals surface area contributed by atoms with Gasteiger partial charge in [0, 0.05) is 6.92 Å². The molecular formula is C11H13N3O3S. The van der Waals surface area contributed by atoms with Crippen LogP contribution in [0.5, 0.6) is 0 Å². The number of carbonyl (C=O) groups excluding carboxylic acids is 3. The second-order valence-electron chi connectivity index (χ2n) is 4.03. The lowest BCUT2D eigenvalue weighted by molar-refractivity contribution is -0.132. The van der Waals surface area contributed by atoms with Gasteiger partial charge in [0.1, 0.15) is 12.6 Å². The molecule has 1 N–H and O–H groups in total. The smallest absolute Gasteiger partial charge is 0.249 e. The Kier molecular flexibility index (Phi) is 3.42. The zero-order valence-electron chi connectivity index (χ0n) is 10.1. The lowest BCUT2D eigenvalue weighted by atomic mass is 10.1. The Morgan fingerprint density at radius 3 is 2.89 bits per heavy atom. The lowest BCUT2D eigenvalue weighted by Gasteiger charge is -2.32. The summed E-state index contributed by atoms with van der Waals surface area (Å²) in [6, 6.07) is -0.409. The molecule has 1 aromatic rings. The van der Waals surface area contributed by atoms with Crippen LogP contribution < -0.4 is 10.2 Å². The van der Waals surface area contributed by atoms with Gasteiger partial charge in [-0.25, -0.2) is 4.98 Å². The second-order valence-corrected chi connectivity index (χ2v) is 5.04. The minimum atomic E-state index is -0.409. The van der Waals surface area contributed by atoms with Crippen LogP contribution in [0.25, 0.3) is 0 Å². The van der Waals surface area contributed by atoms with Gasteiger partial charge in [-0.05, 0) is 6.42 Å². The number of imide groups is 1. The van der Waals surface area contributed by atoms with Gasteiger partial charge < -0.3 is 4.90 Å². The molecule has 2 amide bonds. The number of Topliss-reactive ketones (excluding diaryl/α,β-unsaturated/α-hetero) is 1. The Hall–Kier alpha value is -1.76. The van der Waals surface area contributed by atoms with E-state index < -0.39 is 6.04 Å². The molecule has 1 saturated heterocycles. The van der Waals surface area contributed by atoms with Crippen LogP contribution in [0.3, 0.4) is 0 Å². The molecular weight excluding hydrogens is 254 g/mol. The van der Waals surface area contributed by atoms with Crippen molar-refractivity contribution in [1.29, 1.82) is 0 Å². The average Bonchev–Trinajstić information content (AvgIpc) is 2.77. The van der Waals surface area contributed by atoms with Crippen LogP contribution in [0, 0.1) is 0 Å². The minimum absolute atomic E-state index is 0.0698. The molecule has 6 nitrogen and oxygen atoms in total. The fourth-order valence-corrected chi connectivity index (χ4v) is 2.69. The number of anilines is 1. The van der Waals surface area contributed by atoms with E-state index in [1.54, 1.807) is 4.90 Å². The van der Waals surface area contributed by atoms with E-state index in [9.17, 15) is 14.4 Å². The first kappa shape index (κ1) is 12.7.